The number of aromatic nitrogens is 2. The standard InChI is InChI=1S/C11H13N5O2/c1-7-4-14-10(18-7)6-15-11(17)9-3-2-8(16-12)5-13-9/h2-5,16H,6,12H2,1H3,(H,15,17). The Labute approximate surface area is 103 Å². The SMILES string of the molecule is Cc1cnc(CNC(=O)c2ccc(NN)cn2)o1. The quantitative estimate of drug-likeness (QED) is 0.539. The van der Waals surface area contributed by atoms with Gasteiger partial charge < -0.3 is 15.2 Å². The summed E-state index contributed by atoms with van der Waals surface area (Å²) in [6, 6.07) is 3.24. The average Bonchev–Trinajstić information content (AvgIpc) is 2.82. The van der Waals surface area contributed by atoms with Gasteiger partial charge >= 0.3 is 0 Å². The molecule has 0 radical (unpaired) electrons. The Morgan fingerprint density at radius 1 is 1.39 bits per heavy atom. The van der Waals surface area contributed by atoms with Crippen molar-refractivity contribution < 1.29 is 9.21 Å². The molecule has 2 aromatic rings. The molecule has 0 bridgehead atoms. The highest BCUT2D eigenvalue weighted by atomic mass is 16.4. The van der Waals surface area contributed by atoms with Crippen LogP contribution in [0.5, 0.6) is 0 Å². The maximum atomic E-state index is 11.7. The normalized spacial score (nSPS) is 10.1. The molecule has 0 fully saturated rings. The molecule has 0 aliphatic rings. The Morgan fingerprint density at radius 2 is 2.22 bits per heavy atom. The van der Waals surface area contributed by atoms with Crippen LogP contribution in [-0.4, -0.2) is 15.9 Å². The molecule has 0 atom stereocenters. The fourth-order valence-corrected chi connectivity index (χ4v) is 1.34. The molecule has 0 aromatic carbocycles. The molecule has 1 amide bonds. The first-order valence-electron chi connectivity index (χ1n) is 5.31. The molecular weight excluding hydrogens is 234 g/mol. The predicted octanol–water partition coefficient (Wildman–Crippen LogP) is 0.594. The lowest BCUT2D eigenvalue weighted by Crippen LogP contribution is -2.24. The third-order valence-electron chi connectivity index (χ3n) is 2.23. The molecule has 2 rings (SSSR count). The Morgan fingerprint density at radius 3 is 2.78 bits per heavy atom. The first-order chi connectivity index (χ1) is 8.69. The van der Waals surface area contributed by atoms with Crippen molar-refractivity contribution in [2.75, 3.05) is 5.43 Å². The number of carbonyl (C=O) groups excluding carboxylic acids is 1. The van der Waals surface area contributed by atoms with Gasteiger partial charge in [0, 0.05) is 0 Å². The topological polar surface area (TPSA) is 106 Å². The van der Waals surface area contributed by atoms with E-state index in [1.807, 2.05) is 0 Å². The van der Waals surface area contributed by atoms with Crippen molar-refractivity contribution in [3.63, 3.8) is 0 Å². The van der Waals surface area contributed by atoms with Crippen molar-refractivity contribution in [3.05, 3.63) is 41.9 Å². The van der Waals surface area contributed by atoms with Crippen molar-refractivity contribution in [3.8, 4) is 0 Å². The second-order valence-electron chi connectivity index (χ2n) is 3.62. The summed E-state index contributed by atoms with van der Waals surface area (Å²) >= 11 is 0. The number of aryl methyl sites for hydroxylation is 1. The second-order valence-corrected chi connectivity index (χ2v) is 3.62. The van der Waals surface area contributed by atoms with E-state index in [-0.39, 0.29) is 12.5 Å². The van der Waals surface area contributed by atoms with Crippen LogP contribution in [0, 0.1) is 6.92 Å². The fourth-order valence-electron chi connectivity index (χ4n) is 1.34. The van der Waals surface area contributed by atoms with Gasteiger partial charge in [0.05, 0.1) is 24.6 Å². The molecule has 18 heavy (non-hydrogen) atoms. The monoisotopic (exact) mass is 247 g/mol. The maximum absolute atomic E-state index is 11.7. The second kappa shape index (κ2) is 5.28. The number of nitrogen functional groups attached to an aromatic ring is 1. The molecule has 94 valence electrons. The molecule has 0 aliphatic carbocycles. The van der Waals surface area contributed by atoms with E-state index in [1.165, 1.54) is 6.20 Å². The van der Waals surface area contributed by atoms with E-state index in [9.17, 15) is 4.79 Å². The number of carbonyl (C=O) groups is 1. The van der Waals surface area contributed by atoms with Crippen LogP contribution in [0.4, 0.5) is 5.69 Å². The number of rotatable bonds is 4. The zero-order valence-electron chi connectivity index (χ0n) is 9.80. The van der Waals surface area contributed by atoms with Crippen molar-refractivity contribution in [1.29, 1.82) is 0 Å². The van der Waals surface area contributed by atoms with Gasteiger partial charge in [0.2, 0.25) is 5.89 Å². The minimum atomic E-state index is -0.297. The van der Waals surface area contributed by atoms with E-state index in [0.29, 0.717) is 23.0 Å². The zero-order valence-corrected chi connectivity index (χ0v) is 9.80. The number of nitrogens with two attached hydrogens (primary N) is 1. The van der Waals surface area contributed by atoms with Crippen molar-refractivity contribution >= 4 is 11.6 Å². The Hall–Kier alpha value is -2.41. The number of hydrogen-bond acceptors (Lipinski definition) is 6. The summed E-state index contributed by atoms with van der Waals surface area (Å²) in [7, 11) is 0. The molecule has 2 aromatic heterocycles. The number of amides is 1. The lowest BCUT2D eigenvalue weighted by molar-refractivity contribution is 0.0942. The van der Waals surface area contributed by atoms with Gasteiger partial charge in [0.25, 0.3) is 5.91 Å². The van der Waals surface area contributed by atoms with Crippen LogP contribution in [0.3, 0.4) is 0 Å². The summed E-state index contributed by atoms with van der Waals surface area (Å²) in [6.45, 7) is 2.02. The first-order valence-corrected chi connectivity index (χ1v) is 5.31. The van der Waals surface area contributed by atoms with Gasteiger partial charge in [-0.15, -0.1) is 0 Å². The van der Waals surface area contributed by atoms with E-state index >= 15 is 0 Å². The smallest absolute Gasteiger partial charge is 0.270 e. The minimum Gasteiger partial charge on any atom is -0.444 e. The summed E-state index contributed by atoms with van der Waals surface area (Å²) in [6.07, 6.45) is 3.08. The van der Waals surface area contributed by atoms with Crippen molar-refractivity contribution in [2.45, 2.75) is 13.5 Å². The number of nitrogens with one attached hydrogen (secondary N) is 2. The van der Waals surface area contributed by atoms with E-state index in [4.69, 9.17) is 10.3 Å². The van der Waals surface area contributed by atoms with Gasteiger partial charge in [-0.05, 0) is 19.1 Å². The molecule has 0 unspecified atom stereocenters. The largest absolute Gasteiger partial charge is 0.444 e. The Kier molecular flexibility index (Phi) is 3.54. The summed E-state index contributed by atoms with van der Waals surface area (Å²) in [5.74, 6) is 6.07. The summed E-state index contributed by atoms with van der Waals surface area (Å²) < 4.78 is 5.23. The van der Waals surface area contributed by atoms with Crippen LogP contribution in [0.25, 0.3) is 0 Å². The zero-order chi connectivity index (χ0) is 13.0. The van der Waals surface area contributed by atoms with E-state index < -0.39 is 0 Å². The van der Waals surface area contributed by atoms with Crippen LogP contribution >= 0.6 is 0 Å². The molecule has 0 spiro atoms. The van der Waals surface area contributed by atoms with E-state index in [1.54, 1.807) is 25.3 Å². The average molecular weight is 247 g/mol. The number of hydrazine groups is 1. The number of nitrogens with zero attached hydrogens (tertiary/aromatic N) is 2. The lowest BCUT2D eigenvalue weighted by Gasteiger charge is -2.03. The molecule has 7 heteroatoms. The third-order valence-corrected chi connectivity index (χ3v) is 2.23. The molecule has 0 aliphatic heterocycles. The van der Waals surface area contributed by atoms with Gasteiger partial charge in [-0.3, -0.25) is 10.6 Å². The Bertz CT molecular complexity index is 535. The number of oxazole rings is 1. The molecule has 0 saturated heterocycles. The highest BCUT2D eigenvalue weighted by molar-refractivity contribution is 5.92. The maximum Gasteiger partial charge on any atom is 0.270 e. The number of hydrogen-bond donors (Lipinski definition) is 3. The number of pyridine rings is 1. The van der Waals surface area contributed by atoms with Gasteiger partial charge in [0.1, 0.15) is 11.5 Å². The van der Waals surface area contributed by atoms with E-state index in [0.717, 1.165) is 0 Å². The van der Waals surface area contributed by atoms with Gasteiger partial charge in [-0.2, -0.15) is 0 Å². The molecule has 7 nitrogen and oxygen atoms in total. The summed E-state index contributed by atoms with van der Waals surface area (Å²) in [5.41, 5.74) is 3.37. The predicted molar refractivity (Wildman–Crippen MR) is 64.5 cm³/mol. The van der Waals surface area contributed by atoms with Crippen molar-refractivity contribution in [1.82, 2.24) is 15.3 Å². The van der Waals surface area contributed by atoms with Crippen LogP contribution in [-0.2, 0) is 6.54 Å². The van der Waals surface area contributed by atoms with Gasteiger partial charge in [-0.25, -0.2) is 9.97 Å². The molecule has 0 saturated carbocycles. The van der Waals surface area contributed by atoms with Crippen LogP contribution in [0.15, 0.2) is 28.9 Å². The first kappa shape index (κ1) is 12.1. The highest BCUT2D eigenvalue weighted by Gasteiger charge is 2.08. The molecular formula is C11H13N5O2. The number of anilines is 1. The van der Waals surface area contributed by atoms with Crippen LogP contribution in [0.1, 0.15) is 22.1 Å². The van der Waals surface area contributed by atoms with Crippen LogP contribution < -0.4 is 16.6 Å². The van der Waals surface area contributed by atoms with Crippen molar-refractivity contribution in [2.24, 2.45) is 5.84 Å². The van der Waals surface area contributed by atoms with Crippen LogP contribution in [0.2, 0.25) is 0 Å². The summed E-state index contributed by atoms with van der Waals surface area (Å²) in [4.78, 5) is 19.7. The lowest BCUT2D eigenvalue weighted by atomic mass is 10.3. The van der Waals surface area contributed by atoms with E-state index in [2.05, 4.69) is 20.7 Å². The molecule has 4 N–H and O–H groups in total. The third kappa shape index (κ3) is 2.83. The minimum absolute atomic E-state index is 0.227. The molecule has 2 heterocycles. The highest BCUT2D eigenvalue weighted by Crippen LogP contribution is 2.05. The van der Waals surface area contributed by atoms with Gasteiger partial charge in [0.15, 0.2) is 0 Å². The summed E-state index contributed by atoms with van der Waals surface area (Å²) in [5, 5.41) is 2.66. The fraction of sp³-hybridized carbons (Fsp3) is 0.182. The Balaban J connectivity index is 1.94. The van der Waals surface area contributed by atoms with Gasteiger partial charge in [-0.1, -0.05) is 0 Å².